The van der Waals surface area contributed by atoms with Crippen LogP contribution >= 0.6 is 0 Å². The summed E-state index contributed by atoms with van der Waals surface area (Å²) in [6.45, 7) is 8.42. The van der Waals surface area contributed by atoms with E-state index in [1.165, 1.54) is 0 Å². The monoisotopic (exact) mass is 350 g/mol. The quantitative estimate of drug-likeness (QED) is 0.813. The summed E-state index contributed by atoms with van der Waals surface area (Å²) in [5, 5.41) is 3.02. The van der Waals surface area contributed by atoms with Crippen LogP contribution in [0.5, 0.6) is 0 Å². The first kappa shape index (κ1) is 18.2. The Labute approximate surface area is 155 Å². The van der Waals surface area contributed by atoms with E-state index >= 15 is 0 Å². The molecule has 136 valence electrons. The number of benzene rings is 2. The SMILES string of the molecule is CCN(C(=O)C1(C(=O)Nc2c(C)cccc2C)CC1)c1cccc(C)c1. The van der Waals surface area contributed by atoms with E-state index in [2.05, 4.69) is 5.32 Å². The second-order valence-corrected chi connectivity index (χ2v) is 7.19. The van der Waals surface area contributed by atoms with Crippen molar-refractivity contribution in [2.45, 2.75) is 40.5 Å². The highest BCUT2D eigenvalue weighted by molar-refractivity contribution is 6.18. The molecule has 0 aliphatic heterocycles. The zero-order valence-corrected chi connectivity index (χ0v) is 15.9. The molecule has 1 fully saturated rings. The number of carbonyl (C=O) groups is 2. The maximum atomic E-state index is 13.2. The number of hydrogen-bond acceptors (Lipinski definition) is 2. The largest absolute Gasteiger partial charge is 0.325 e. The number of aryl methyl sites for hydroxylation is 3. The molecule has 1 aliphatic rings. The summed E-state index contributed by atoms with van der Waals surface area (Å²) in [6.07, 6.45) is 1.20. The van der Waals surface area contributed by atoms with Gasteiger partial charge in [-0.05, 0) is 69.4 Å². The molecule has 3 rings (SSSR count). The lowest BCUT2D eigenvalue weighted by molar-refractivity contribution is -0.132. The molecular weight excluding hydrogens is 324 g/mol. The zero-order chi connectivity index (χ0) is 18.9. The van der Waals surface area contributed by atoms with Gasteiger partial charge in [0.15, 0.2) is 0 Å². The number of rotatable bonds is 5. The van der Waals surface area contributed by atoms with Crippen LogP contribution in [-0.4, -0.2) is 18.4 Å². The molecular formula is C22H26N2O2. The summed E-state index contributed by atoms with van der Waals surface area (Å²) in [5.74, 6) is -0.291. The van der Waals surface area contributed by atoms with Gasteiger partial charge in [-0.25, -0.2) is 0 Å². The van der Waals surface area contributed by atoms with Crippen molar-refractivity contribution >= 4 is 23.2 Å². The number of para-hydroxylation sites is 1. The van der Waals surface area contributed by atoms with Gasteiger partial charge in [0, 0.05) is 17.9 Å². The van der Waals surface area contributed by atoms with Crippen LogP contribution in [0.1, 0.15) is 36.5 Å². The van der Waals surface area contributed by atoms with E-state index < -0.39 is 5.41 Å². The lowest BCUT2D eigenvalue weighted by Gasteiger charge is -2.26. The van der Waals surface area contributed by atoms with Gasteiger partial charge in [0.2, 0.25) is 11.8 Å². The minimum Gasteiger partial charge on any atom is -0.325 e. The molecule has 0 aromatic heterocycles. The van der Waals surface area contributed by atoms with E-state index in [9.17, 15) is 9.59 Å². The Hall–Kier alpha value is -2.62. The van der Waals surface area contributed by atoms with Crippen LogP contribution in [0.2, 0.25) is 0 Å². The van der Waals surface area contributed by atoms with E-state index in [0.29, 0.717) is 19.4 Å². The Kier molecular flexibility index (Phi) is 4.86. The fraction of sp³-hybridized carbons (Fsp3) is 0.364. The second kappa shape index (κ2) is 6.94. The van der Waals surface area contributed by atoms with Crippen LogP contribution < -0.4 is 10.2 Å². The molecule has 0 heterocycles. The van der Waals surface area contributed by atoms with Crippen molar-refractivity contribution in [3.63, 3.8) is 0 Å². The number of hydrogen-bond donors (Lipinski definition) is 1. The van der Waals surface area contributed by atoms with Gasteiger partial charge in [0.1, 0.15) is 5.41 Å². The molecule has 1 saturated carbocycles. The molecule has 2 aromatic carbocycles. The summed E-state index contributed by atoms with van der Waals surface area (Å²) in [5.41, 5.74) is 3.84. The Balaban J connectivity index is 1.85. The third-order valence-electron chi connectivity index (χ3n) is 5.19. The Bertz CT molecular complexity index is 833. The minimum atomic E-state index is -0.936. The van der Waals surface area contributed by atoms with Gasteiger partial charge >= 0.3 is 0 Å². The van der Waals surface area contributed by atoms with Crippen molar-refractivity contribution in [2.24, 2.45) is 5.41 Å². The van der Waals surface area contributed by atoms with Crippen LogP contribution in [0.15, 0.2) is 42.5 Å². The molecule has 0 radical (unpaired) electrons. The maximum absolute atomic E-state index is 13.2. The van der Waals surface area contributed by atoms with Crippen molar-refractivity contribution in [3.8, 4) is 0 Å². The number of nitrogens with one attached hydrogen (secondary N) is 1. The molecule has 0 unspecified atom stereocenters. The van der Waals surface area contributed by atoms with Gasteiger partial charge in [-0.3, -0.25) is 9.59 Å². The fourth-order valence-corrected chi connectivity index (χ4v) is 3.41. The predicted octanol–water partition coefficient (Wildman–Crippen LogP) is 4.38. The molecule has 0 bridgehead atoms. The molecule has 0 atom stereocenters. The van der Waals surface area contributed by atoms with Gasteiger partial charge < -0.3 is 10.2 Å². The van der Waals surface area contributed by atoms with Gasteiger partial charge in [-0.15, -0.1) is 0 Å². The highest BCUT2D eigenvalue weighted by atomic mass is 16.2. The van der Waals surface area contributed by atoms with Gasteiger partial charge in [-0.2, -0.15) is 0 Å². The standard InChI is InChI=1S/C22H26N2O2/c1-5-24(18-11-6-8-15(2)14-18)21(26)22(12-13-22)20(25)23-19-16(3)9-7-10-17(19)4/h6-11,14H,5,12-13H2,1-4H3,(H,23,25). The zero-order valence-electron chi connectivity index (χ0n) is 15.9. The Morgan fingerprint density at radius 2 is 1.65 bits per heavy atom. The molecule has 26 heavy (non-hydrogen) atoms. The molecule has 0 saturated heterocycles. The molecule has 4 heteroatoms. The van der Waals surface area contributed by atoms with E-state index in [4.69, 9.17) is 0 Å². The van der Waals surface area contributed by atoms with Crippen LogP contribution in [0, 0.1) is 26.2 Å². The Morgan fingerprint density at radius 3 is 2.19 bits per heavy atom. The van der Waals surface area contributed by atoms with Crippen molar-refractivity contribution in [1.29, 1.82) is 0 Å². The van der Waals surface area contributed by atoms with Gasteiger partial charge in [0.25, 0.3) is 0 Å². The lowest BCUT2D eigenvalue weighted by atomic mass is 10.0. The third kappa shape index (κ3) is 3.24. The molecule has 2 aromatic rings. The second-order valence-electron chi connectivity index (χ2n) is 7.19. The first-order chi connectivity index (χ1) is 12.4. The number of amides is 2. The first-order valence-corrected chi connectivity index (χ1v) is 9.15. The van der Waals surface area contributed by atoms with E-state index in [1.54, 1.807) is 4.90 Å². The van der Waals surface area contributed by atoms with E-state index in [1.807, 2.05) is 70.2 Å². The molecule has 2 amide bonds. The fourth-order valence-electron chi connectivity index (χ4n) is 3.41. The summed E-state index contributed by atoms with van der Waals surface area (Å²) >= 11 is 0. The average molecular weight is 350 g/mol. The summed E-state index contributed by atoms with van der Waals surface area (Å²) in [4.78, 5) is 28.0. The predicted molar refractivity (Wildman–Crippen MR) is 105 cm³/mol. The first-order valence-electron chi connectivity index (χ1n) is 9.15. The van der Waals surface area contributed by atoms with Crippen molar-refractivity contribution in [2.75, 3.05) is 16.8 Å². The van der Waals surface area contributed by atoms with Crippen molar-refractivity contribution < 1.29 is 9.59 Å². The molecule has 0 spiro atoms. The highest BCUT2D eigenvalue weighted by Gasteiger charge is 2.58. The van der Waals surface area contributed by atoms with Crippen LogP contribution in [-0.2, 0) is 9.59 Å². The maximum Gasteiger partial charge on any atom is 0.242 e. The van der Waals surface area contributed by atoms with Crippen LogP contribution in [0.25, 0.3) is 0 Å². The van der Waals surface area contributed by atoms with E-state index in [0.717, 1.165) is 28.1 Å². The average Bonchev–Trinajstić information content (AvgIpc) is 3.41. The molecule has 4 nitrogen and oxygen atoms in total. The minimum absolute atomic E-state index is 0.102. The topological polar surface area (TPSA) is 49.4 Å². The summed E-state index contributed by atoms with van der Waals surface area (Å²) in [6, 6.07) is 13.8. The van der Waals surface area contributed by atoms with Crippen molar-refractivity contribution in [3.05, 3.63) is 59.2 Å². The highest BCUT2D eigenvalue weighted by Crippen LogP contribution is 2.49. The van der Waals surface area contributed by atoms with Gasteiger partial charge in [0.05, 0.1) is 0 Å². The molecule has 1 aliphatic carbocycles. The number of nitrogens with zero attached hydrogens (tertiary/aromatic N) is 1. The lowest BCUT2D eigenvalue weighted by Crippen LogP contribution is -2.43. The van der Waals surface area contributed by atoms with Crippen molar-refractivity contribution in [1.82, 2.24) is 0 Å². The van der Waals surface area contributed by atoms with Crippen LogP contribution in [0.3, 0.4) is 0 Å². The Morgan fingerprint density at radius 1 is 1.04 bits per heavy atom. The third-order valence-corrected chi connectivity index (χ3v) is 5.19. The van der Waals surface area contributed by atoms with Gasteiger partial charge in [-0.1, -0.05) is 30.3 Å². The normalized spacial score (nSPS) is 14.6. The summed E-state index contributed by atoms with van der Waals surface area (Å²) < 4.78 is 0. The number of carbonyl (C=O) groups excluding carboxylic acids is 2. The smallest absolute Gasteiger partial charge is 0.242 e. The van der Waals surface area contributed by atoms with Crippen LogP contribution in [0.4, 0.5) is 11.4 Å². The van der Waals surface area contributed by atoms with E-state index in [-0.39, 0.29) is 11.8 Å². The molecule has 1 N–H and O–H groups in total. The number of anilines is 2. The summed E-state index contributed by atoms with van der Waals surface area (Å²) in [7, 11) is 0.